The molecule has 0 unspecified atom stereocenters. The van der Waals surface area contributed by atoms with E-state index in [4.69, 9.17) is 4.42 Å². The molecule has 0 aliphatic carbocycles. The van der Waals surface area contributed by atoms with Crippen molar-refractivity contribution in [2.45, 2.75) is 26.7 Å². The van der Waals surface area contributed by atoms with E-state index in [0.29, 0.717) is 18.8 Å². The normalized spacial score (nSPS) is 11.2. The van der Waals surface area contributed by atoms with E-state index in [9.17, 15) is 4.79 Å². The first-order valence-corrected chi connectivity index (χ1v) is 7.11. The van der Waals surface area contributed by atoms with Gasteiger partial charge in [0.05, 0.1) is 6.26 Å². The smallest absolute Gasteiger partial charge is 0.287 e. The molecule has 20 heavy (non-hydrogen) atoms. The molecule has 3 N–H and O–H groups in total. The zero-order valence-electron chi connectivity index (χ0n) is 12.2. The molecule has 0 spiro atoms. The van der Waals surface area contributed by atoms with E-state index in [1.165, 1.54) is 6.26 Å². The number of nitrogens with one attached hydrogen (secondary N) is 3. The van der Waals surface area contributed by atoms with Gasteiger partial charge in [0.1, 0.15) is 0 Å². The molecule has 0 atom stereocenters. The van der Waals surface area contributed by atoms with Crippen molar-refractivity contribution in [3.63, 3.8) is 0 Å². The van der Waals surface area contributed by atoms with Crippen LogP contribution in [-0.2, 0) is 0 Å². The van der Waals surface area contributed by atoms with E-state index in [1.54, 1.807) is 12.1 Å². The second-order valence-corrected chi connectivity index (χ2v) is 4.27. The Labute approximate surface area is 120 Å². The molecule has 0 saturated carbocycles. The van der Waals surface area contributed by atoms with Gasteiger partial charge in [-0.2, -0.15) is 0 Å². The van der Waals surface area contributed by atoms with Crippen molar-refractivity contribution < 1.29 is 9.21 Å². The van der Waals surface area contributed by atoms with Gasteiger partial charge in [-0.15, -0.1) is 0 Å². The lowest BCUT2D eigenvalue weighted by molar-refractivity contribution is 0.0926. The first-order valence-electron chi connectivity index (χ1n) is 7.11. The number of nitrogens with zero attached hydrogens (tertiary/aromatic N) is 1. The molecule has 1 aromatic rings. The molecule has 0 aliphatic rings. The van der Waals surface area contributed by atoms with E-state index >= 15 is 0 Å². The van der Waals surface area contributed by atoms with Gasteiger partial charge < -0.3 is 20.4 Å². The number of unbranched alkanes of at least 4 members (excludes halogenated alkanes) is 1. The molecule has 0 radical (unpaired) electrons. The minimum absolute atomic E-state index is 0.204. The first-order chi connectivity index (χ1) is 9.77. The lowest BCUT2D eigenvalue weighted by Crippen LogP contribution is -2.41. The number of furan rings is 1. The molecule has 0 aliphatic heterocycles. The molecule has 1 amide bonds. The van der Waals surface area contributed by atoms with Crippen LogP contribution in [0.4, 0.5) is 0 Å². The summed E-state index contributed by atoms with van der Waals surface area (Å²) < 4.78 is 5.01. The van der Waals surface area contributed by atoms with Crippen LogP contribution in [0.3, 0.4) is 0 Å². The maximum atomic E-state index is 11.6. The minimum Gasteiger partial charge on any atom is -0.459 e. The standard InChI is InChI=1S/C14H24N4O2/c1-3-5-8-17-14(15-4-2)18-10-9-16-13(19)12-7-6-11-20-12/h6-7,11H,3-5,8-10H2,1-2H3,(H,16,19)(H2,15,17,18). The second kappa shape index (κ2) is 9.89. The zero-order chi connectivity index (χ0) is 14.6. The molecule has 0 saturated heterocycles. The van der Waals surface area contributed by atoms with Gasteiger partial charge in [0.15, 0.2) is 11.7 Å². The van der Waals surface area contributed by atoms with Gasteiger partial charge in [0.25, 0.3) is 5.91 Å². The fraction of sp³-hybridized carbons (Fsp3) is 0.571. The number of carbonyl (C=O) groups is 1. The van der Waals surface area contributed by atoms with Crippen molar-refractivity contribution in [2.75, 3.05) is 26.2 Å². The summed E-state index contributed by atoms with van der Waals surface area (Å²) in [6.07, 6.45) is 3.69. The Morgan fingerprint density at radius 2 is 2.05 bits per heavy atom. The highest BCUT2D eigenvalue weighted by Gasteiger charge is 2.06. The number of guanidine groups is 1. The SMILES string of the molecule is CCCCN=C(NCC)NCCNC(=O)c1ccco1. The van der Waals surface area contributed by atoms with E-state index in [2.05, 4.69) is 27.9 Å². The largest absolute Gasteiger partial charge is 0.459 e. The molecule has 1 rings (SSSR count). The molecule has 6 nitrogen and oxygen atoms in total. The maximum Gasteiger partial charge on any atom is 0.287 e. The molecule has 0 bridgehead atoms. The van der Waals surface area contributed by atoms with Crippen LogP contribution in [0.5, 0.6) is 0 Å². The van der Waals surface area contributed by atoms with E-state index in [1.807, 2.05) is 6.92 Å². The summed E-state index contributed by atoms with van der Waals surface area (Å²) in [6, 6.07) is 3.33. The fourth-order valence-corrected chi connectivity index (χ4v) is 1.54. The maximum absolute atomic E-state index is 11.6. The van der Waals surface area contributed by atoms with Gasteiger partial charge in [0, 0.05) is 26.2 Å². The van der Waals surface area contributed by atoms with Gasteiger partial charge in [-0.3, -0.25) is 9.79 Å². The van der Waals surface area contributed by atoms with Crippen molar-refractivity contribution in [1.29, 1.82) is 0 Å². The number of amides is 1. The van der Waals surface area contributed by atoms with Crippen LogP contribution in [0.25, 0.3) is 0 Å². The van der Waals surface area contributed by atoms with Crippen molar-refractivity contribution in [3.8, 4) is 0 Å². The van der Waals surface area contributed by atoms with Crippen LogP contribution in [-0.4, -0.2) is 38.0 Å². The zero-order valence-corrected chi connectivity index (χ0v) is 12.2. The Balaban J connectivity index is 2.23. The van der Waals surface area contributed by atoms with E-state index < -0.39 is 0 Å². The summed E-state index contributed by atoms with van der Waals surface area (Å²) in [6.45, 7) is 6.92. The van der Waals surface area contributed by atoms with Crippen molar-refractivity contribution in [3.05, 3.63) is 24.2 Å². The fourth-order valence-electron chi connectivity index (χ4n) is 1.54. The van der Waals surface area contributed by atoms with Crippen LogP contribution in [0.2, 0.25) is 0 Å². The van der Waals surface area contributed by atoms with Crippen molar-refractivity contribution in [1.82, 2.24) is 16.0 Å². The van der Waals surface area contributed by atoms with Crippen LogP contribution in [0.15, 0.2) is 27.8 Å². The molecular formula is C14H24N4O2. The Hall–Kier alpha value is -1.98. The van der Waals surface area contributed by atoms with Gasteiger partial charge in [-0.25, -0.2) is 0 Å². The van der Waals surface area contributed by atoms with Crippen molar-refractivity contribution >= 4 is 11.9 Å². The Bertz CT molecular complexity index is 401. The second-order valence-electron chi connectivity index (χ2n) is 4.27. The topological polar surface area (TPSA) is 78.7 Å². The lowest BCUT2D eigenvalue weighted by atomic mass is 10.3. The van der Waals surface area contributed by atoms with Gasteiger partial charge in [-0.1, -0.05) is 13.3 Å². The quantitative estimate of drug-likeness (QED) is 0.382. The highest BCUT2D eigenvalue weighted by Crippen LogP contribution is 1.98. The summed E-state index contributed by atoms with van der Waals surface area (Å²) in [4.78, 5) is 16.0. The van der Waals surface area contributed by atoms with Crippen LogP contribution in [0, 0.1) is 0 Å². The van der Waals surface area contributed by atoms with Gasteiger partial charge in [0.2, 0.25) is 0 Å². The Kier molecular flexibility index (Phi) is 7.95. The number of hydrogen-bond acceptors (Lipinski definition) is 3. The van der Waals surface area contributed by atoms with Crippen LogP contribution >= 0.6 is 0 Å². The predicted molar refractivity (Wildman–Crippen MR) is 79.9 cm³/mol. The lowest BCUT2D eigenvalue weighted by Gasteiger charge is -2.11. The predicted octanol–water partition coefficient (Wildman–Crippen LogP) is 1.36. The molecule has 1 heterocycles. The average Bonchev–Trinajstić information content (AvgIpc) is 2.97. The summed E-state index contributed by atoms with van der Waals surface area (Å²) in [5.41, 5.74) is 0. The summed E-state index contributed by atoms with van der Waals surface area (Å²) in [7, 11) is 0. The number of rotatable bonds is 8. The average molecular weight is 280 g/mol. The van der Waals surface area contributed by atoms with Gasteiger partial charge >= 0.3 is 0 Å². The Morgan fingerprint density at radius 1 is 1.25 bits per heavy atom. The Morgan fingerprint density at radius 3 is 2.70 bits per heavy atom. The molecular weight excluding hydrogens is 256 g/mol. The minimum atomic E-state index is -0.204. The molecule has 0 aromatic carbocycles. The third kappa shape index (κ3) is 6.26. The number of aliphatic imine (C=N–C) groups is 1. The summed E-state index contributed by atoms with van der Waals surface area (Å²) >= 11 is 0. The van der Waals surface area contributed by atoms with E-state index in [-0.39, 0.29) is 5.91 Å². The van der Waals surface area contributed by atoms with Crippen LogP contribution < -0.4 is 16.0 Å². The number of hydrogen-bond donors (Lipinski definition) is 3. The molecule has 0 fully saturated rings. The van der Waals surface area contributed by atoms with Crippen LogP contribution in [0.1, 0.15) is 37.2 Å². The van der Waals surface area contributed by atoms with Gasteiger partial charge in [-0.05, 0) is 25.5 Å². The van der Waals surface area contributed by atoms with Crippen molar-refractivity contribution in [2.24, 2.45) is 4.99 Å². The van der Waals surface area contributed by atoms with E-state index in [0.717, 1.165) is 31.9 Å². The molecule has 6 heteroatoms. The molecule has 112 valence electrons. The monoisotopic (exact) mass is 280 g/mol. The third-order valence-corrected chi connectivity index (χ3v) is 2.57. The highest BCUT2D eigenvalue weighted by atomic mass is 16.3. The molecule has 1 aromatic heterocycles. The highest BCUT2D eigenvalue weighted by molar-refractivity contribution is 5.91. The number of carbonyl (C=O) groups excluding carboxylic acids is 1. The third-order valence-electron chi connectivity index (χ3n) is 2.57. The summed E-state index contributed by atoms with van der Waals surface area (Å²) in [5, 5.41) is 9.11. The first kappa shape index (κ1) is 16.1. The summed E-state index contributed by atoms with van der Waals surface area (Å²) in [5.74, 6) is 0.909.